The number of hydrogen-bond acceptors (Lipinski definition) is 5. The van der Waals surface area contributed by atoms with Gasteiger partial charge >= 0.3 is 5.97 Å². The van der Waals surface area contributed by atoms with E-state index in [-0.39, 0.29) is 11.5 Å². The fourth-order valence-corrected chi connectivity index (χ4v) is 3.35. The van der Waals surface area contributed by atoms with Gasteiger partial charge in [0, 0.05) is 23.8 Å². The number of aromatic nitrogens is 2. The fourth-order valence-electron chi connectivity index (χ4n) is 2.46. The molecule has 0 N–H and O–H groups in total. The molecule has 6 heteroatoms. The molecular formula is C19H18N2O3S. The number of nitrogens with zero attached hydrogens (tertiary/aromatic N) is 2. The van der Waals surface area contributed by atoms with Crippen molar-refractivity contribution in [3.05, 3.63) is 81.4 Å². The molecule has 0 unspecified atom stereocenters. The van der Waals surface area contributed by atoms with E-state index < -0.39 is 0 Å². The molecule has 0 saturated carbocycles. The van der Waals surface area contributed by atoms with Gasteiger partial charge in [-0.05, 0) is 36.2 Å². The zero-order chi connectivity index (χ0) is 17.8. The van der Waals surface area contributed by atoms with Gasteiger partial charge < -0.3 is 4.74 Å². The summed E-state index contributed by atoms with van der Waals surface area (Å²) >= 11 is 1.67. The van der Waals surface area contributed by atoms with Gasteiger partial charge in [0.1, 0.15) is 5.65 Å². The van der Waals surface area contributed by atoms with Crippen molar-refractivity contribution >= 4 is 23.4 Å². The Labute approximate surface area is 149 Å². The molecule has 1 aromatic carbocycles. The van der Waals surface area contributed by atoms with Crippen LogP contribution in [0, 0.1) is 6.92 Å². The lowest BCUT2D eigenvalue weighted by atomic mass is 10.1. The smallest absolute Gasteiger partial charge is 0.337 e. The Balaban J connectivity index is 1.66. The van der Waals surface area contributed by atoms with E-state index in [1.807, 2.05) is 31.2 Å². The second-order valence-corrected chi connectivity index (χ2v) is 6.69. The van der Waals surface area contributed by atoms with Crippen LogP contribution in [0.3, 0.4) is 0 Å². The average molecular weight is 354 g/mol. The molecule has 3 rings (SSSR count). The maximum absolute atomic E-state index is 12.2. The number of pyridine rings is 1. The molecule has 0 bridgehead atoms. The van der Waals surface area contributed by atoms with Gasteiger partial charge in [-0.3, -0.25) is 9.20 Å². The molecule has 5 nitrogen and oxygen atoms in total. The summed E-state index contributed by atoms with van der Waals surface area (Å²) < 4.78 is 6.25. The molecule has 2 aromatic heterocycles. The van der Waals surface area contributed by atoms with Crippen LogP contribution >= 0.6 is 11.8 Å². The number of ether oxygens (including phenoxy) is 1. The van der Waals surface area contributed by atoms with Crippen molar-refractivity contribution < 1.29 is 9.53 Å². The molecule has 0 spiro atoms. The van der Waals surface area contributed by atoms with E-state index in [0.717, 1.165) is 22.6 Å². The predicted octanol–water partition coefficient (Wildman–Crippen LogP) is 3.22. The van der Waals surface area contributed by atoms with E-state index in [2.05, 4.69) is 9.72 Å². The average Bonchev–Trinajstić information content (AvgIpc) is 2.62. The van der Waals surface area contributed by atoms with Crippen molar-refractivity contribution in [3.8, 4) is 0 Å². The zero-order valence-corrected chi connectivity index (χ0v) is 14.9. The minimum absolute atomic E-state index is 0.0632. The van der Waals surface area contributed by atoms with E-state index >= 15 is 0 Å². The van der Waals surface area contributed by atoms with Crippen molar-refractivity contribution in [2.24, 2.45) is 0 Å². The topological polar surface area (TPSA) is 60.7 Å². The van der Waals surface area contributed by atoms with Crippen LogP contribution in [-0.2, 0) is 16.2 Å². The van der Waals surface area contributed by atoms with Crippen molar-refractivity contribution in [2.45, 2.75) is 18.4 Å². The highest BCUT2D eigenvalue weighted by molar-refractivity contribution is 7.97. The van der Waals surface area contributed by atoms with Gasteiger partial charge in [-0.1, -0.05) is 18.2 Å². The van der Waals surface area contributed by atoms with Crippen molar-refractivity contribution in [3.63, 3.8) is 0 Å². The van der Waals surface area contributed by atoms with Crippen LogP contribution in [-0.4, -0.2) is 22.5 Å². The number of thioether (sulfide) groups is 1. The van der Waals surface area contributed by atoms with E-state index in [1.54, 1.807) is 40.6 Å². The molecule has 128 valence electrons. The Bertz CT molecular complexity index is 965. The number of hydrogen-bond donors (Lipinski definition) is 0. The van der Waals surface area contributed by atoms with Crippen molar-refractivity contribution in [1.29, 1.82) is 0 Å². The summed E-state index contributed by atoms with van der Waals surface area (Å²) in [6.45, 7) is 1.95. The van der Waals surface area contributed by atoms with Crippen LogP contribution in [0.5, 0.6) is 0 Å². The Morgan fingerprint density at radius 2 is 1.92 bits per heavy atom. The highest BCUT2D eigenvalue weighted by Gasteiger charge is 2.06. The quantitative estimate of drug-likeness (QED) is 0.659. The Hall–Kier alpha value is -2.60. The Morgan fingerprint density at radius 1 is 1.16 bits per heavy atom. The van der Waals surface area contributed by atoms with E-state index in [1.165, 1.54) is 7.11 Å². The summed E-state index contributed by atoms with van der Waals surface area (Å²) in [7, 11) is 1.37. The summed E-state index contributed by atoms with van der Waals surface area (Å²) in [6, 6.07) is 12.7. The summed E-state index contributed by atoms with van der Waals surface area (Å²) in [4.78, 5) is 28.1. The van der Waals surface area contributed by atoms with Gasteiger partial charge in [0.05, 0.1) is 18.4 Å². The molecule has 0 saturated heterocycles. The van der Waals surface area contributed by atoms with Crippen LogP contribution in [0.4, 0.5) is 0 Å². The van der Waals surface area contributed by atoms with Gasteiger partial charge in [0.15, 0.2) is 0 Å². The maximum Gasteiger partial charge on any atom is 0.337 e. The molecule has 0 radical (unpaired) electrons. The standard InChI is InChI=1S/C19H18N2O3S/c1-13-3-8-17-20-16(9-18(22)21(17)10-13)12-25-11-14-4-6-15(7-5-14)19(23)24-2/h3-10H,11-12H2,1-2H3. The van der Waals surface area contributed by atoms with Crippen LogP contribution < -0.4 is 5.56 Å². The first kappa shape index (κ1) is 17.2. The molecule has 25 heavy (non-hydrogen) atoms. The number of fused-ring (bicyclic) bond motifs is 1. The molecule has 0 fully saturated rings. The molecule has 0 aliphatic carbocycles. The maximum atomic E-state index is 12.2. The van der Waals surface area contributed by atoms with E-state index in [4.69, 9.17) is 0 Å². The number of esters is 1. The second-order valence-electron chi connectivity index (χ2n) is 5.70. The zero-order valence-electron chi connectivity index (χ0n) is 14.1. The second kappa shape index (κ2) is 7.53. The summed E-state index contributed by atoms with van der Waals surface area (Å²) in [5.41, 5.74) is 4.03. The summed E-state index contributed by atoms with van der Waals surface area (Å²) in [5, 5.41) is 0. The van der Waals surface area contributed by atoms with Gasteiger partial charge in [-0.25, -0.2) is 9.78 Å². The molecule has 0 aliphatic rings. The SMILES string of the molecule is COC(=O)c1ccc(CSCc2cc(=O)n3cc(C)ccc3n2)cc1. The normalized spacial score (nSPS) is 10.8. The van der Waals surface area contributed by atoms with Crippen LogP contribution in [0.25, 0.3) is 5.65 Å². The lowest BCUT2D eigenvalue weighted by Crippen LogP contribution is -2.15. The minimum Gasteiger partial charge on any atom is -0.465 e. The first-order valence-corrected chi connectivity index (χ1v) is 8.96. The van der Waals surface area contributed by atoms with Gasteiger partial charge in [-0.2, -0.15) is 11.8 Å². The van der Waals surface area contributed by atoms with Crippen LogP contribution in [0.15, 0.2) is 53.5 Å². The number of carbonyl (C=O) groups excluding carboxylic acids is 1. The van der Waals surface area contributed by atoms with Crippen LogP contribution in [0.1, 0.15) is 27.2 Å². The van der Waals surface area contributed by atoms with E-state index in [9.17, 15) is 9.59 Å². The van der Waals surface area contributed by atoms with Gasteiger partial charge in [0.25, 0.3) is 5.56 Å². The summed E-state index contributed by atoms with van der Waals surface area (Å²) in [6.07, 6.45) is 1.80. The highest BCUT2D eigenvalue weighted by atomic mass is 32.2. The first-order chi connectivity index (χ1) is 12.1. The third kappa shape index (κ3) is 4.09. The third-order valence-corrected chi connectivity index (χ3v) is 4.79. The highest BCUT2D eigenvalue weighted by Crippen LogP contribution is 2.17. The minimum atomic E-state index is -0.338. The molecule has 3 aromatic rings. The lowest BCUT2D eigenvalue weighted by molar-refractivity contribution is 0.0600. The van der Waals surface area contributed by atoms with E-state index in [0.29, 0.717) is 17.0 Å². The summed E-state index contributed by atoms with van der Waals surface area (Å²) in [5.74, 6) is 1.09. The van der Waals surface area contributed by atoms with Gasteiger partial charge in [-0.15, -0.1) is 0 Å². The molecule has 0 amide bonds. The lowest BCUT2D eigenvalue weighted by Gasteiger charge is -2.06. The number of aryl methyl sites for hydroxylation is 1. The van der Waals surface area contributed by atoms with Crippen molar-refractivity contribution in [1.82, 2.24) is 9.38 Å². The first-order valence-electron chi connectivity index (χ1n) is 7.81. The molecule has 2 heterocycles. The van der Waals surface area contributed by atoms with Crippen LogP contribution in [0.2, 0.25) is 0 Å². The van der Waals surface area contributed by atoms with Crippen molar-refractivity contribution in [2.75, 3.05) is 7.11 Å². The number of carbonyl (C=O) groups is 1. The number of rotatable bonds is 5. The number of benzene rings is 1. The Morgan fingerprint density at radius 3 is 2.64 bits per heavy atom. The molecule has 0 aliphatic heterocycles. The number of methoxy groups -OCH3 is 1. The molecule has 0 atom stereocenters. The predicted molar refractivity (Wildman–Crippen MR) is 99.0 cm³/mol. The Kier molecular flexibility index (Phi) is 5.19. The molecular weight excluding hydrogens is 336 g/mol. The fraction of sp³-hybridized carbons (Fsp3) is 0.211. The third-order valence-electron chi connectivity index (χ3n) is 3.75. The monoisotopic (exact) mass is 354 g/mol. The largest absolute Gasteiger partial charge is 0.465 e. The van der Waals surface area contributed by atoms with Gasteiger partial charge in [0.2, 0.25) is 0 Å².